The van der Waals surface area contributed by atoms with Crippen molar-refractivity contribution in [1.29, 1.82) is 5.26 Å². The van der Waals surface area contributed by atoms with Crippen LogP contribution in [0.15, 0.2) is 48.5 Å². The van der Waals surface area contributed by atoms with Crippen LogP contribution in [-0.4, -0.2) is 60.9 Å². The molecule has 1 saturated heterocycles. The first-order valence-corrected chi connectivity index (χ1v) is 12.0. The number of hydrogen-bond acceptors (Lipinski definition) is 7. The Morgan fingerprint density at radius 1 is 1.14 bits per heavy atom. The number of nitrogens with zero attached hydrogens (tertiary/aromatic N) is 5. The molecule has 2 aliphatic rings. The number of hydrogen-bond donors (Lipinski definition) is 1. The van der Waals surface area contributed by atoms with Crippen LogP contribution in [-0.2, 0) is 24.1 Å². The Bertz CT molecular complexity index is 1280. The van der Waals surface area contributed by atoms with Crippen LogP contribution in [0.5, 0.6) is 5.75 Å². The van der Waals surface area contributed by atoms with Crippen LogP contribution in [0, 0.1) is 11.3 Å². The Morgan fingerprint density at radius 2 is 1.94 bits per heavy atom. The largest absolute Gasteiger partial charge is 0.497 e. The SMILES string of the molecule is COc1cccc(Cc2nc3c(c(N4CCOCC4)n2)CN(C(=O)Nc2ccc(C#N)cc2)CC3)c1. The Hall–Kier alpha value is -4.16. The number of amides is 2. The number of ether oxygens (including phenoxy) is 2. The molecule has 1 N–H and O–H groups in total. The Balaban J connectivity index is 1.39. The fourth-order valence-corrected chi connectivity index (χ4v) is 4.53. The van der Waals surface area contributed by atoms with E-state index < -0.39 is 0 Å². The molecule has 1 fully saturated rings. The maximum Gasteiger partial charge on any atom is 0.322 e. The Kier molecular flexibility index (Phi) is 6.96. The van der Waals surface area contributed by atoms with Gasteiger partial charge in [0.25, 0.3) is 0 Å². The minimum atomic E-state index is -0.182. The third-order valence-electron chi connectivity index (χ3n) is 6.44. The van der Waals surface area contributed by atoms with E-state index in [1.165, 1.54) is 0 Å². The fourth-order valence-electron chi connectivity index (χ4n) is 4.53. The van der Waals surface area contributed by atoms with Gasteiger partial charge in [0.2, 0.25) is 0 Å². The van der Waals surface area contributed by atoms with E-state index in [4.69, 9.17) is 24.7 Å². The lowest BCUT2D eigenvalue weighted by molar-refractivity contribution is 0.122. The number of carbonyl (C=O) groups excluding carboxylic acids is 1. The van der Waals surface area contributed by atoms with Gasteiger partial charge < -0.3 is 24.6 Å². The van der Waals surface area contributed by atoms with E-state index in [0.29, 0.717) is 50.4 Å². The van der Waals surface area contributed by atoms with Gasteiger partial charge in [-0.25, -0.2) is 14.8 Å². The van der Waals surface area contributed by atoms with Gasteiger partial charge in [0.05, 0.1) is 44.2 Å². The summed E-state index contributed by atoms with van der Waals surface area (Å²) in [7, 11) is 1.66. The van der Waals surface area contributed by atoms with Gasteiger partial charge in [-0.2, -0.15) is 5.26 Å². The van der Waals surface area contributed by atoms with E-state index in [1.54, 1.807) is 36.3 Å². The molecule has 0 spiro atoms. The number of nitrogens with one attached hydrogen (secondary N) is 1. The monoisotopic (exact) mass is 484 g/mol. The number of rotatable bonds is 5. The molecule has 2 amide bonds. The topological polar surface area (TPSA) is 104 Å². The first-order valence-electron chi connectivity index (χ1n) is 12.0. The average molecular weight is 485 g/mol. The third-order valence-corrected chi connectivity index (χ3v) is 6.44. The number of carbonyl (C=O) groups is 1. The second kappa shape index (κ2) is 10.6. The maximum absolute atomic E-state index is 13.1. The van der Waals surface area contributed by atoms with Crippen molar-refractivity contribution in [3.8, 4) is 11.8 Å². The highest BCUT2D eigenvalue weighted by molar-refractivity contribution is 5.89. The number of fused-ring (bicyclic) bond motifs is 1. The molecule has 0 saturated carbocycles. The van der Waals surface area contributed by atoms with Crippen LogP contribution in [0.4, 0.5) is 16.3 Å². The molecule has 2 aliphatic heterocycles. The van der Waals surface area contributed by atoms with Gasteiger partial charge in [-0.3, -0.25) is 0 Å². The molecule has 0 radical (unpaired) electrons. The van der Waals surface area contributed by atoms with Gasteiger partial charge in [0.1, 0.15) is 17.4 Å². The zero-order valence-electron chi connectivity index (χ0n) is 20.2. The van der Waals surface area contributed by atoms with Crippen molar-refractivity contribution in [2.45, 2.75) is 19.4 Å². The summed E-state index contributed by atoms with van der Waals surface area (Å²) in [6, 6.07) is 16.7. The zero-order chi connectivity index (χ0) is 24.9. The Morgan fingerprint density at radius 3 is 2.69 bits per heavy atom. The number of nitriles is 1. The lowest BCUT2D eigenvalue weighted by Crippen LogP contribution is -2.42. The van der Waals surface area contributed by atoms with Gasteiger partial charge in [0, 0.05) is 43.7 Å². The molecular weight excluding hydrogens is 456 g/mol. The number of methoxy groups -OCH3 is 1. The quantitative estimate of drug-likeness (QED) is 0.592. The normalized spacial score (nSPS) is 15.1. The van der Waals surface area contributed by atoms with Gasteiger partial charge in [-0.1, -0.05) is 12.1 Å². The summed E-state index contributed by atoms with van der Waals surface area (Å²) in [5.41, 5.74) is 4.28. The van der Waals surface area contributed by atoms with E-state index in [2.05, 4.69) is 22.4 Å². The van der Waals surface area contributed by atoms with E-state index in [9.17, 15) is 4.79 Å². The van der Waals surface area contributed by atoms with Crippen molar-refractivity contribution >= 4 is 17.5 Å². The van der Waals surface area contributed by atoms with Gasteiger partial charge in [-0.05, 0) is 42.0 Å². The molecule has 184 valence electrons. The van der Waals surface area contributed by atoms with E-state index in [1.807, 2.05) is 18.2 Å². The van der Waals surface area contributed by atoms with Gasteiger partial charge >= 0.3 is 6.03 Å². The lowest BCUT2D eigenvalue weighted by atomic mass is 10.0. The first kappa shape index (κ1) is 23.6. The molecular formula is C27H28N6O3. The van der Waals surface area contributed by atoms with Crippen molar-refractivity contribution in [2.75, 3.05) is 50.2 Å². The fraction of sp³-hybridized carbons (Fsp3) is 0.333. The molecule has 9 heteroatoms. The molecule has 1 aromatic heterocycles. The molecule has 0 bridgehead atoms. The second-order valence-corrected chi connectivity index (χ2v) is 8.81. The smallest absolute Gasteiger partial charge is 0.322 e. The van der Waals surface area contributed by atoms with Crippen molar-refractivity contribution in [2.24, 2.45) is 0 Å². The molecule has 5 rings (SSSR count). The molecule has 0 atom stereocenters. The van der Waals surface area contributed by atoms with E-state index in [0.717, 1.165) is 47.3 Å². The number of aromatic nitrogens is 2. The van der Waals surface area contributed by atoms with Crippen molar-refractivity contribution in [3.63, 3.8) is 0 Å². The highest BCUT2D eigenvalue weighted by Crippen LogP contribution is 2.29. The predicted molar refractivity (Wildman–Crippen MR) is 135 cm³/mol. The van der Waals surface area contributed by atoms with E-state index in [-0.39, 0.29) is 6.03 Å². The van der Waals surface area contributed by atoms with Crippen LogP contribution < -0.4 is 15.0 Å². The zero-order valence-corrected chi connectivity index (χ0v) is 20.2. The van der Waals surface area contributed by atoms with Crippen molar-refractivity contribution in [1.82, 2.24) is 14.9 Å². The number of morpholine rings is 1. The second-order valence-electron chi connectivity index (χ2n) is 8.81. The summed E-state index contributed by atoms with van der Waals surface area (Å²) in [4.78, 5) is 27.0. The highest BCUT2D eigenvalue weighted by atomic mass is 16.5. The molecule has 0 aliphatic carbocycles. The predicted octanol–water partition coefficient (Wildman–Crippen LogP) is 3.37. The summed E-state index contributed by atoms with van der Waals surface area (Å²) >= 11 is 0. The van der Waals surface area contributed by atoms with E-state index >= 15 is 0 Å². The lowest BCUT2D eigenvalue weighted by Gasteiger charge is -2.34. The molecule has 0 unspecified atom stereocenters. The summed E-state index contributed by atoms with van der Waals surface area (Å²) in [5.74, 6) is 2.46. The third kappa shape index (κ3) is 5.24. The summed E-state index contributed by atoms with van der Waals surface area (Å²) in [6.07, 6.45) is 1.26. The first-order chi connectivity index (χ1) is 17.6. The minimum Gasteiger partial charge on any atom is -0.497 e. The summed E-state index contributed by atoms with van der Waals surface area (Å²) in [6.45, 7) is 3.79. The summed E-state index contributed by atoms with van der Waals surface area (Å²) in [5, 5.41) is 11.9. The molecule has 3 heterocycles. The molecule has 36 heavy (non-hydrogen) atoms. The average Bonchev–Trinajstić information content (AvgIpc) is 2.93. The Labute approximate surface area is 210 Å². The number of urea groups is 1. The van der Waals surface area contributed by atoms with Gasteiger partial charge in [-0.15, -0.1) is 0 Å². The number of anilines is 2. The standard InChI is InChI=1S/C27H28N6O3/c1-35-22-4-2-3-20(15-22)16-25-30-24-9-10-33(27(34)29-21-7-5-19(17-28)6-8-21)18-23(24)26(31-25)32-11-13-36-14-12-32/h2-8,15H,9-14,16,18H2,1H3,(H,29,34). The minimum absolute atomic E-state index is 0.182. The van der Waals surface area contributed by atoms with Crippen LogP contribution in [0.3, 0.4) is 0 Å². The molecule has 2 aromatic carbocycles. The van der Waals surface area contributed by atoms with Crippen molar-refractivity contribution < 1.29 is 14.3 Å². The summed E-state index contributed by atoms with van der Waals surface area (Å²) < 4.78 is 10.9. The maximum atomic E-state index is 13.1. The van der Waals surface area contributed by atoms with Crippen LogP contribution in [0.25, 0.3) is 0 Å². The molecule has 9 nitrogen and oxygen atoms in total. The number of benzene rings is 2. The molecule has 3 aromatic rings. The van der Waals surface area contributed by atoms with Crippen LogP contribution in [0.1, 0.15) is 28.2 Å². The van der Waals surface area contributed by atoms with Crippen LogP contribution >= 0.6 is 0 Å². The van der Waals surface area contributed by atoms with Crippen LogP contribution in [0.2, 0.25) is 0 Å². The highest BCUT2D eigenvalue weighted by Gasteiger charge is 2.28. The van der Waals surface area contributed by atoms with Crippen molar-refractivity contribution in [3.05, 3.63) is 76.7 Å². The van der Waals surface area contributed by atoms with Gasteiger partial charge in [0.15, 0.2) is 0 Å².